The van der Waals surface area contributed by atoms with Crippen LogP contribution in [0, 0.1) is 0 Å². The smallest absolute Gasteiger partial charge is 0.318 e. The second-order valence-corrected chi connectivity index (χ2v) is 4.11. The van der Waals surface area contributed by atoms with E-state index in [1.54, 1.807) is 0 Å². The highest BCUT2D eigenvalue weighted by molar-refractivity contribution is 6.04. The summed E-state index contributed by atoms with van der Waals surface area (Å²) in [6.45, 7) is 0. The lowest BCUT2D eigenvalue weighted by atomic mass is 9.99. The molecule has 0 amide bonds. The zero-order valence-corrected chi connectivity index (χ0v) is 9.22. The van der Waals surface area contributed by atoms with Crippen LogP contribution in [-0.4, -0.2) is 11.7 Å². The molecule has 1 heterocycles. The normalized spacial score (nSPS) is 14.8. The number of fused-ring (bicyclic) bond motifs is 1. The molecule has 0 unspecified atom stereocenters. The molecule has 1 aliphatic rings. The molecule has 0 atom stereocenters. The van der Waals surface area contributed by atoms with Gasteiger partial charge >= 0.3 is 5.97 Å². The molecule has 1 aliphatic heterocycles. The standard InChI is InChI=1S/C14H11NO2/c16-14-9-12(15-17-14)8-11-6-3-5-10-4-1-2-7-13(10)11/h1-7H,8-9H2. The summed E-state index contributed by atoms with van der Waals surface area (Å²) in [5, 5.41) is 6.20. The number of rotatable bonds is 2. The number of hydrogen-bond acceptors (Lipinski definition) is 3. The van der Waals surface area contributed by atoms with Gasteiger partial charge in [-0.2, -0.15) is 0 Å². The van der Waals surface area contributed by atoms with Crippen molar-refractivity contribution in [3.05, 3.63) is 48.0 Å². The molecule has 0 saturated heterocycles. The molecule has 3 heteroatoms. The summed E-state index contributed by atoms with van der Waals surface area (Å²) in [5.74, 6) is -0.264. The molecule has 17 heavy (non-hydrogen) atoms. The minimum absolute atomic E-state index is 0.264. The van der Waals surface area contributed by atoms with Gasteiger partial charge in [0.25, 0.3) is 0 Å². The fourth-order valence-electron chi connectivity index (χ4n) is 2.11. The first-order valence-electron chi connectivity index (χ1n) is 5.55. The van der Waals surface area contributed by atoms with Gasteiger partial charge in [0.1, 0.15) is 0 Å². The van der Waals surface area contributed by atoms with Crippen LogP contribution in [0.3, 0.4) is 0 Å². The Morgan fingerprint density at radius 2 is 1.94 bits per heavy atom. The molecule has 3 nitrogen and oxygen atoms in total. The third-order valence-electron chi connectivity index (χ3n) is 2.90. The van der Waals surface area contributed by atoms with E-state index in [9.17, 15) is 4.79 Å². The molecule has 84 valence electrons. The van der Waals surface area contributed by atoms with Gasteiger partial charge in [-0.05, 0) is 16.3 Å². The molecule has 0 spiro atoms. The van der Waals surface area contributed by atoms with Crippen LogP contribution in [-0.2, 0) is 16.1 Å². The van der Waals surface area contributed by atoms with Crippen molar-refractivity contribution in [2.45, 2.75) is 12.8 Å². The second kappa shape index (κ2) is 4.01. The molecular formula is C14H11NO2. The molecule has 2 aromatic rings. The Labute approximate surface area is 98.7 Å². The van der Waals surface area contributed by atoms with Crippen molar-refractivity contribution < 1.29 is 9.63 Å². The summed E-state index contributed by atoms with van der Waals surface area (Å²) < 4.78 is 0. The van der Waals surface area contributed by atoms with Crippen LogP contribution in [0.2, 0.25) is 0 Å². The number of carbonyl (C=O) groups is 1. The highest BCUT2D eigenvalue weighted by Crippen LogP contribution is 2.20. The van der Waals surface area contributed by atoms with Gasteiger partial charge in [-0.25, -0.2) is 4.79 Å². The van der Waals surface area contributed by atoms with Gasteiger partial charge in [-0.15, -0.1) is 0 Å². The Balaban J connectivity index is 1.98. The van der Waals surface area contributed by atoms with Gasteiger partial charge in [0.2, 0.25) is 0 Å². The summed E-state index contributed by atoms with van der Waals surface area (Å²) in [4.78, 5) is 15.6. The molecule has 3 rings (SSSR count). The Bertz CT molecular complexity index is 611. The van der Waals surface area contributed by atoms with Gasteiger partial charge in [0.05, 0.1) is 12.1 Å². The molecular weight excluding hydrogens is 214 g/mol. The highest BCUT2D eigenvalue weighted by Gasteiger charge is 2.18. The van der Waals surface area contributed by atoms with E-state index in [0.29, 0.717) is 12.8 Å². The van der Waals surface area contributed by atoms with E-state index in [1.807, 2.05) is 18.2 Å². The molecule has 0 aromatic heterocycles. The van der Waals surface area contributed by atoms with Gasteiger partial charge in [-0.3, -0.25) is 0 Å². The third-order valence-corrected chi connectivity index (χ3v) is 2.90. The van der Waals surface area contributed by atoms with Crippen LogP contribution in [0.4, 0.5) is 0 Å². The number of benzene rings is 2. The van der Waals surface area contributed by atoms with Crippen molar-refractivity contribution in [3.63, 3.8) is 0 Å². The maximum absolute atomic E-state index is 11.0. The second-order valence-electron chi connectivity index (χ2n) is 4.11. The number of oxime groups is 1. The number of nitrogens with zero attached hydrogens (tertiary/aromatic N) is 1. The quantitative estimate of drug-likeness (QED) is 0.737. The van der Waals surface area contributed by atoms with Crippen molar-refractivity contribution in [2.24, 2.45) is 5.16 Å². The van der Waals surface area contributed by atoms with Crippen LogP contribution in [0.1, 0.15) is 12.0 Å². The lowest BCUT2D eigenvalue weighted by molar-refractivity contribution is -0.140. The topological polar surface area (TPSA) is 38.7 Å². The van der Waals surface area contributed by atoms with E-state index < -0.39 is 0 Å². The highest BCUT2D eigenvalue weighted by atomic mass is 16.7. The van der Waals surface area contributed by atoms with Gasteiger partial charge in [0, 0.05) is 6.42 Å². The molecule has 0 aliphatic carbocycles. The summed E-state index contributed by atoms with van der Waals surface area (Å²) >= 11 is 0. The first-order chi connectivity index (χ1) is 8.33. The van der Waals surface area contributed by atoms with Gasteiger partial charge in [-0.1, -0.05) is 47.6 Å². The Hall–Kier alpha value is -2.16. The van der Waals surface area contributed by atoms with Crippen LogP contribution >= 0.6 is 0 Å². The zero-order chi connectivity index (χ0) is 11.7. The summed E-state index contributed by atoms with van der Waals surface area (Å²) in [5.41, 5.74) is 1.98. The van der Waals surface area contributed by atoms with E-state index in [1.165, 1.54) is 16.3 Å². The lowest BCUT2D eigenvalue weighted by Crippen LogP contribution is -2.03. The van der Waals surface area contributed by atoms with Gasteiger partial charge < -0.3 is 4.84 Å². The summed E-state index contributed by atoms with van der Waals surface area (Å²) in [6.07, 6.45) is 0.982. The SMILES string of the molecule is O=C1CC(Cc2cccc3ccccc23)=NO1. The van der Waals surface area contributed by atoms with Crippen LogP contribution in [0.25, 0.3) is 10.8 Å². The van der Waals surface area contributed by atoms with E-state index in [-0.39, 0.29) is 5.97 Å². The van der Waals surface area contributed by atoms with E-state index in [4.69, 9.17) is 0 Å². The molecule has 0 bridgehead atoms. The van der Waals surface area contributed by atoms with Gasteiger partial charge in [0.15, 0.2) is 0 Å². The van der Waals surface area contributed by atoms with Crippen LogP contribution in [0.15, 0.2) is 47.6 Å². The maximum Gasteiger partial charge on any atom is 0.340 e. The summed E-state index contributed by atoms with van der Waals surface area (Å²) in [7, 11) is 0. The molecule has 0 N–H and O–H groups in total. The average Bonchev–Trinajstić information content (AvgIpc) is 2.75. The predicted octanol–water partition coefficient (Wildman–Crippen LogP) is 2.69. The van der Waals surface area contributed by atoms with Crippen LogP contribution < -0.4 is 0 Å². The van der Waals surface area contributed by atoms with Crippen LogP contribution in [0.5, 0.6) is 0 Å². The van der Waals surface area contributed by atoms with E-state index in [0.717, 1.165) is 5.71 Å². The average molecular weight is 225 g/mol. The van der Waals surface area contributed by atoms with Crippen molar-refractivity contribution in [2.75, 3.05) is 0 Å². The first kappa shape index (κ1) is 10.0. The van der Waals surface area contributed by atoms with Crippen molar-refractivity contribution in [1.82, 2.24) is 0 Å². The first-order valence-corrected chi connectivity index (χ1v) is 5.55. The predicted molar refractivity (Wildman–Crippen MR) is 65.8 cm³/mol. The minimum Gasteiger partial charge on any atom is -0.318 e. The third kappa shape index (κ3) is 1.91. The number of carbonyl (C=O) groups excluding carboxylic acids is 1. The molecule has 0 fully saturated rings. The molecule has 0 radical (unpaired) electrons. The van der Waals surface area contributed by atoms with E-state index in [2.05, 4.69) is 34.3 Å². The molecule has 2 aromatic carbocycles. The largest absolute Gasteiger partial charge is 0.340 e. The molecule has 0 saturated carbocycles. The maximum atomic E-state index is 11.0. The fraction of sp³-hybridized carbons (Fsp3) is 0.143. The Morgan fingerprint density at radius 1 is 1.12 bits per heavy atom. The fourth-order valence-corrected chi connectivity index (χ4v) is 2.11. The van der Waals surface area contributed by atoms with E-state index >= 15 is 0 Å². The zero-order valence-electron chi connectivity index (χ0n) is 9.22. The minimum atomic E-state index is -0.264. The van der Waals surface area contributed by atoms with Crippen molar-refractivity contribution in [3.8, 4) is 0 Å². The van der Waals surface area contributed by atoms with Crippen molar-refractivity contribution in [1.29, 1.82) is 0 Å². The number of hydrogen-bond donors (Lipinski definition) is 0. The summed E-state index contributed by atoms with van der Waals surface area (Å²) in [6, 6.07) is 14.4. The van der Waals surface area contributed by atoms with Crippen molar-refractivity contribution >= 4 is 22.5 Å². The Kier molecular flexibility index (Phi) is 2.37. The monoisotopic (exact) mass is 225 g/mol. The lowest BCUT2D eigenvalue weighted by Gasteiger charge is -2.04. The Morgan fingerprint density at radius 3 is 2.76 bits per heavy atom.